The summed E-state index contributed by atoms with van der Waals surface area (Å²) in [6.07, 6.45) is 3.32. The van der Waals surface area contributed by atoms with Crippen molar-refractivity contribution >= 4 is 39.0 Å². The monoisotopic (exact) mass is 421 g/mol. The van der Waals surface area contributed by atoms with E-state index in [1.807, 2.05) is 6.07 Å². The van der Waals surface area contributed by atoms with Crippen molar-refractivity contribution in [2.75, 3.05) is 18.2 Å². The van der Waals surface area contributed by atoms with Gasteiger partial charge in [0.1, 0.15) is 0 Å². The number of anilines is 1. The average Bonchev–Trinajstić information content (AvgIpc) is 2.59. The second-order valence-electron chi connectivity index (χ2n) is 6.87. The summed E-state index contributed by atoms with van der Waals surface area (Å²) in [5.41, 5.74) is 0.470. The van der Waals surface area contributed by atoms with Gasteiger partial charge in [0.2, 0.25) is 0 Å². The van der Waals surface area contributed by atoms with Gasteiger partial charge in [-0.05, 0) is 54.8 Å². The Balaban J connectivity index is 1.60. The van der Waals surface area contributed by atoms with Crippen LogP contribution in [0.15, 0.2) is 53.4 Å². The molecule has 0 spiro atoms. The van der Waals surface area contributed by atoms with Gasteiger partial charge in [-0.15, -0.1) is 0 Å². The van der Waals surface area contributed by atoms with Gasteiger partial charge in [0, 0.05) is 17.0 Å². The number of amides is 1. The Morgan fingerprint density at radius 3 is 2.36 bits per heavy atom. The first kappa shape index (κ1) is 20.4. The van der Waals surface area contributed by atoms with E-state index in [1.165, 1.54) is 24.3 Å². The van der Waals surface area contributed by atoms with Gasteiger partial charge in [-0.2, -0.15) is 0 Å². The number of carbonyl (C=O) groups excluding carboxylic acids is 2. The molecule has 0 heterocycles. The lowest BCUT2D eigenvalue weighted by atomic mass is 9.64. The smallest absolute Gasteiger partial charge is 0.317 e. The van der Waals surface area contributed by atoms with Crippen molar-refractivity contribution in [2.24, 2.45) is 0 Å². The van der Waals surface area contributed by atoms with Crippen LogP contribution < -0.4 is 5.32 Å². The van der Waals surface area contributed by atoms with Crippen molar-refractivity contribution in [2.45, 2.75) is 29.6 Å². The average molecular weight is 422 g/mol. The molecular formula is C20H20ClNO5S. The summed E-state index contributed by atoms with van der Waals surface area (Å²) in [5.74, 6) is -0.940. The lowest BCUT2D eigenvalue weighted by molar-refractivity contribution is -0.156. The van der Waals surface area contributed by atoms with Gasteiger partial charge in [0.25, 0.3) is 5.91 Å². The fraction of sp³-hybridized carbons (Fsp3) is 0.300. The predicted octanol–water partition coefficient (Wildman–Crippen LogP) is 3.35. The van der Waals surface area contributed by atoms with E-state index in [9.17, 15) is 18.0 Å². The highest BCUT2D eigenvalue weighted by Gasteiger charge is 2.47. The minimum absolute atomic E-state index is 0.158. The first-order valence-electron chi connectivity index (χ1n) is 8.74. The number of nitrogens with one attached hydrogen (secondary N) is 1. The Kier molecular flexibility index (Phi) is 5.76. The number of esters is 1. The standard InChI is InChI=1S/C20H20ClNO5S/c1-28(25,26)17-8-6-16(7-9-17)22-18(23)13-27-19(24)20(10-3-11-20)14-4-2-5-15(21)12-14/h2,4-9,12H,3,10-11,13H2,1H3,(H,22,23). The molecule has 1 fully saturated rings. The largest absolute Gasteiger partial charge is 0.455 e. The van der Waals surface area contributed by atoms with E-state index in [0.717, 1.165) is 18.2 Å². The summed E-state index contributed by atoms with van der Waals surface area (Å²) in [7, 11) is -3.30. The van der Waals surface area contributed by atoms with Gasteiger partial charge < -0.3 is 10.1 Å². The predicted molar refractivity (Wildman–Crippen MR) is 106 cm³/mol. The van der Waals surface area contributed by atoms with Gasteiger partial charge in [-0.1, -0.05) is 30.2 Å². The maximum Gasteiger partial charge on any atom is 0.317 e. The van der Waals surface area contributed by atoms with Gasteiger partial charge in [0.05, 0.1) is 10.3 Å². The van der Waals surface area contributed by atoms with Crippen LogP contribution >= 0.6 is 11.6 Å². The van der Waals surface area contributed by atoms with Crippen molar-refractivity contribution < 1.29 is 22.7 Å². The van der Waals surface area contributed by atoms with E-state index in [4.69, 9.17) is 16.3 Å². The van der Waals surface area contributed by atoms with Crippen LogP contribution in [0.4, 0.5) is 5.69 Å². The fourth-order valence-corrected chi connectivity index (χ4v) is 4.00. The second kappa shape index (κ2) is 7.93. The Bertz CT molecular complexity index is 998. The number of rotatable bonds is 6. The maximum absolute atomic E-state index is 12.7. The van der Waals surface area contributed by atoms with Crippen molar-refractivity contribution in [3.05, 3.63) is 59.1 Å². The first-order valence-corrected chi connectivity index (χ1v) is 11.0. The molecule has 1 saturated carbocycles. The molecule has 0 radical (unpaired) electrons. The molecule has 148 valence electrons. The quantitative estimate of drug-likeness (QED) is 0.722. The maximum atomic E-state index is 12.7. The van der Waals surface area contributed by atoms with Crippen LogP contribution in [0, 0.1) is 0 Å². The van der Waals surface area contributed by atoms with Gasteiger partial charge in [0.15, 0.2) is 16.4 Å². The number of hydrogen-bond acceptors (Lipinski definition) is 5. The van der Waals surface area contributed by atoms with Crippen LogP contribution in [0.5, 0.6) is 0 Å². The molecular weight excluding hydrogens is 402 g/mol. The van der Waals surface area contributed by atoms with Crippen LogP contribution in [0.3, 0.4) is 0 Å². The number of sulfone groups is 1. The number of benzene rings is 2. The molecule has 1 aliphatic rings. The Hall–Kier alpha value is -2.38. The molecule has 0 saturated heterocycles. The summed E-state index contributed by atoms with van der Waals surface area (Å²) in [6.45, 7) is -0.422. The van der Waals surface area contributed by atoms with E-state index in [0.29, 0.717) is 23.6 Å². The molecule has 1 N–H and O–H groups in total. The topological polar surface area (TPSA) is 89.5 Å². The van der Waals surface area contributed by atoms with Crippen LogP contribution in [0.1, 0.15) is 24.8 Å². The van der Waals surface area contributed by atoms with Crippen LogP contribution in [0.25, 0.3) is 0 Å². The highest BCUT2D eigenvalue weighted by Crippen LogP contribution is 2.45. The fourth-order valence-electron chi connectivity index (χ4n) is 3.18. The van der Waals surface area contributed by atoms with Crippen molar-refractivity contribution in [1.82, 2.24) is 0 Å². The Morgan fingerprint density at radius 2 is 1.82 bits per heavy atom. The summed E-state index contributed by atoms with van der Waals surface area (Å²) in [4.78, 5) is 24.9. The van der Waals surface area contributed by atoms with E-state index < -0.39 is 33.7 Å². The zero-order valence-electron chi connectivity index (χ0n) is 15.3. The van der Waals surface area contributed by atoms with E-state index in [1.54, 1.807) is 18.2 Å². The SMILES string of the molecule is CS(=O)(=O)c1ccc(NC(=O)COC(=O)C2(c3cccc(Cl)c3)CCC2)cc1. The van der Waals surface area contributed by atoms with Crippen molar-refractivity contribution in [3.63, 3.8) is 0 Å². The van der Waals surface area contributed by atoms with Crippen molar-refractivity contribution in [1.29, 1.82) is 0 Å². The zero-order valence-corrected chi connectivity index (χ0v) is 16.8. The molecule has 0 unspecified atom stereocenters. The molecule has 0 aromatic heterocycles. The molecule has 28 heavy (non-hydrogen) atoms. The molecule has 8 heteroatoms. The summed E-state index contributed by atoms with van der Waals surface area (Å²) in [6, 6.07) is 12.9. The van der Waals surface area contributed by atoms with Crippen LogP contribution in [0.2, 0.25) is 5.02 Å². The zero-order chi connectivity index (χ0) is 20.4. The molecule has 1 aliphatic carbocycles. The highest BCUT2D eigenvalue weighted by molar-refractivity contribution is 7.90. The van der Waals surface area contributed by atoms with Gasteiger partial charge in [-0.3, -0.25) is 9.59 Å². The number of carbonyl (C=O) groups is 2. The van der Waals surface area contributed by atoms with E-state index >= 15 is 0 Å². The molecule has 2 aromatic rings. The number of ether oxygens (including phenoxy) is 1. The van der Waals surface area contributed by atoms with Crippen molar-refractivity contribution in [3.8, 4) is 0 Å². The molecule has 3 rings (SSSR count). The summed E-state index contributed by atoms with van der Waals surface area (Å²) >= 11 is 6.04. The van der Waals surface area contributed by atoms with Gasteiger partial charge in [-0.25, -0.2) is 8.42 Å². The normalized spacial score (nSPS) is 15.4. The Morgan fingerprint density at radius 1 is 1.14 bits per heavy atom. The molecule has 2 aromatic carbocycles. The third-order valence-electron chi connectivity index (χ3n) is 4.88. The third kappa shape index (κ3) is 4.36. The molecule has 0 aliphatic heterocycles. The first-order chi connectivity index (χ1) is 13.2. The van der Waals surface area contributed by atoms with Crippen LogP contribution in [-0.2, 0) is 29.6 Å². The molecule has 6 nitrogen and oxygen atoms in total. The minimum Gasteiger partial charge on any atom is -0.455 e. The van der Waals surface area contributed by atoms with Crippen LogP contribution in [-0.4, -0.2) is 33.2 Å². The molecule has 0 atom stereocenters. The Labute approximate surface area is 168 Å². The summed E-state index contributed by atoms with van der Waals surface area (Å²) in [5, 5.41) is 3.13. The number of halogens is 1. The number of hydrogen-bond donors (Lipinski definition) is 1. The van der Waals surface area contributed by atoms with E-state index in [-0.39, 0.29) is 4.90 Å². The molecule has 0 bridgehead atoms. The van der Waals surface area contributed by atoms with Gasteiger partial charge >= 0.3 is 5.97 Å². The second-order valence-corrected chi connectivity index (χ2v) is 9.32. The van der Waals surface area contributed by atoms with E-state index in [2.05, 4.69) is 5.32 Å². The molecule has 1 amide bonds. The lowest BCUT2D eigenvalue weighted by Gasteiger charge is -2.39. The highest BCUT2D eigenvalue weighted by atomic mass is 35.5. The minimum atomic E-state index is -3.30. The lowest BCUT2D eigenvalue weighted by Crippen LogP contribution is -2.44. The third-order valence-corrected chi connectivity index (χ3v) is 6.24. The summed E-state index contributed by atoms with van der Waals surface area (Å²) < 4.78 is 28.2.